The van der Waals surface area contributed by atoms with Crippen molar-refractivity contribution in [2.45, 2.75) is 12.6 Å². The van der Waals surface area contributed by atoms with E-state index in [0.717, 1.165) is 10.4 Å². The summed E-state index contributed by atoms with van der Waals surface area (Å²) in [5.41, 5.74) is 1.24. The highest BCUT2D eigenvalue weighted by Crippen LogP contribution is 2.40. The number of nitrogens with zero attached hydrogens (tertiary/aromatic N) is 3. The third-order valence-corrected chi connectivity index (χ3v) is 5.28. The molecule has 134 valence electrons. The van der Waals surface area contributed by atoms with E-state index in [9.17, 15) is 14.7 Å². The van der Waals surface area contributed by atoms with Crippen LogP contribution >= 0.6 is 11.3 Å². The number of ketones is 1. The Morgan fingerprint density at radius 2 is 1.70 bits per heavy atom. The quantitative estimate of drug-likeness (QED) is 0.429. The van der Waals surface area contributed by atoms with Crippen LogP contribution in [-0.4, -0.2) is 31.7 Å². The maximum Gasteiger partial charge on any atom is 0.295 e. The first-order valence-corrected chi connectivity index (χ1v) is 9.16. The van der Waals surface area contributed by atoms with Gasteiger partial charge >= 0.3 is 0 Å². The minimum Gasteiger partial charge on any atom is -0.507 e. The molecule has 0 spiro atoms. The molecule has 0 bridgehead atoms. The molecular weight excluding hydrogens is 362 g/mol. The van der Waals surface area contributed by atoms with Crippen LogP contribution in [-0.2, 0) is 16.1 Å². The number of Topliss-reactive ketones (excluding diaryl/α,β-unsaturated/α-hetero) is 1. The molecule has 0 aliphatic carbocycles. The molecule has 1 unspecified atom stereocenters. The highest BCUT2D eigenvalue weighted by molar-refractivity contribution is 7.09. The summed E-state index contributed by atoms with van der Waals surface area (Å²) in [7, 11) is 0. The van der Waals surface area contributed by atoms with Gasteiger partial charge in [-0.1, -0.05) is 6.07 Å². The lowest BCUT2D eigenvalue weighted by molar-refractivity contribution is -0.140. The van der Waals surface area contributed by atoms with Gasteiger partial charge in [0, 0.05) is 35.2 Å². The number of likely N-dealkylation sites (tertiary alicyclic amines) is 1. The second kappa shape index (κ2) is 7.13. The van der Waals surface area contributed by atoms with Crippen LogP contribution in [0.1, 0.15) is 22.0 Å². The van der Waals surface area contributed by atoms with Crippen LogP contribution in [0.2, 0.25) is 0 Å². The molecule has 0 aromatic carbocycles. The molecule has 1 aliphatic rings. The third kappa shape index (κ3) is 3.13. The second-order valence-corrected chi connectivity index (χ2v) is 7.06. The van der Waals surface area contributed by atoms with Crippen LogP contribution in [0.25, 0.3) is 5.76 Å². The maximum absolute atomic E-state index is 12.8. The Kier molecular flexibility index (Phi) is 4.52. The maximum atomic E-state index is 12.8. The van der Waals surface area contributed by atoms with Gasteiger partial charge in [-0.3, -0.25) is 19.6 Å². The molecule has 1 fully saturated rings. The van der Waals surface area contributed by atoms with E-state index >= 15 is 0 Å². The van der Waals surface area contributed by atoms with Crippen molar-refractivity contribution in [3.8, 4) is 0 Å². The van der Waals surface area contributed by atoms with Crippen molar-refractivity contribution in [1.29, 1.82) is 0 Å². The lowest BCUT2D eigenvalue weighted by Gasteiger charge is -2.24. The van der Waals surface area contributed by atoms with Crippen molar-refractivity contribution < 1.29 is 14.7 Å². The number of hydrogen-bond acceptors (Lipinski definition) is 6. The average Bonchev–Trinajstić information content (AvgIpc) is 3.31. The highest BCUT2D eigenvalue weighted by atomic mass is 32.1. The molecule has 3 aromatic rings. The van der Waals surface area contributed by atoms with E-state index in [0.29, 0.717) is 12.1 Å². The Morgan fingerprint density at radius 1 is 1.04 bits per heavy atom. The smallest absolute Gasteiger partial charge is 0.295 e. The number of aromatic nitrogens is 2. The largest absolute Gasteiger partial charge is 0.507 e. The van der Waals surface area contributed by atoms with Gasteiger partial charge in [-0.2, -0.15) is 0 Å². The first-order chi connectivity index (χ1) is 13.2. The third-order valence-electron chi connectivity index (χ3n) is 4.42. The number of amides is 1. The molecule has 0 radical (unpaired) electrons. The Bertz CT molecular complexity index is 1000. The van der Waals surface area contributed by atoms with E-state index in [1.807, 2.05) is 17.5 Å². The minimum absolute atomic E-state index is 0.0777. The van der Waals surface area contributed by atoms with Gasteiger partial charge in [0.1, 0.15) is 5.76 Å². The van der Waals surface area contributed by atoms with Crippen LogP contribution < -0.4 is 0 Å². The molecular formula is C20H15N3O3S. The zero-order valence-corrected chi connectivity index (χ0v) is 15.0. The Balaban J connectivity index is 1.86. The monoisotopic (exact) mass is 377 g/mol. The first-order valence-electron chi connectivity index (χ1n) is 8.28. The van der Waals surface area contributed by atoms with Crippen LogP contribution in [0.4, 0.5) is 0 Å². The normalized spacial score (nSPS) is 18.8. The fraction of sp³-hybridized carbons (Fsp3) is 0.100. The van der Waals surface area contributed by atoms with Gasteiger partial charge in [0.2, 0.25) is 0 Å². The van der Waals surface area contributed by atoms with Gasteiger partial charge in [0.15, 0.2) is 0 Å². The molecule has 3 aromatic heterocycles. The number of hydrogen-bond donors (Lipinski definition) is 1. The van der Waals surface area contributed by atoms with Crippen molar-refractivity contribution in [1.82, 2.24) is 14.9 Å². The van der Waals surface area contributed by atoms with Crippen molar-refractivity contribution in [3.05, 3.63) is 88.1 Å². The van der Waals surface area contributed by atoms with E-state index < -0.39 is 17.7 Å². The highest BCUT2D eigenvalue weighted by Gasteiger charge is 2.46. The zero-order valence-electron chi connectivity index (χ0n) is 14.1. The summed E-state index contributed by atoms with van der Waals surface area (Å²) in [5.74, 6) is -1.52. The summed E-state index contributed by atoms with van der Waals surface area (Å²) in [6, 6.07) is 9.83. The van der Waals surface area contributed by atoms with Crippen molar-refractivity contribution >= 4 is 28.8 Å². The second-order valence-electron chi connectivity index (χ2n) is 6.02. The molecule has 4 heterocycles. The summed E-state index contributed by atoms with van der Waals surface area (Å²) < 4.78 is 0. The molecule has 6 nitrogen and oxygen atoms in total. The number of carbonyl (C=O) groups excluding carboxylic acids is 2. The minimum atomic E-state index is -0.692. The van der Waals surface area contributed by atoms with Crippen molar-refractivity contribution in [2.24, 2.45) is 0 Å². The first kappa shape index (κ1) is 17.1. The molecule has 1 amide bonds. The van der Waals surface area contributed by atoms with E-state index in [1.165, 1.54) is 28.6 Å². The predicted octanol–water partition coefficient (Wildman–Crippen LogP) is 3.16. The SMILES string of the molecule is O=C1C(=O)N(Cc2cccs2)C(c2ccncc2)/C1=C(/O)c1ccncc1. The van der Waals surface area contributed by atoms with E-state index in [2.05, 4.69) is 9.97 Å². The topological polar surface area (TPSA) is 83.4 Å². The average molecular weight is 377 g/mol. The molecule has 0 saturated carbocycles. The molecule has 4 rings (SSSR count). The van der Waals surface area contributed by atoms with Crippen LogP contribution in [0.5, 0.6) is 0 Å². The summed E-state index contributed by atoms with van der Waals surface area (Å²) in [5, 5.41) is 12.7. The zero-order chi connectivity index (χ0) is 18.8. The number of rotatable bonds is 4. The number of pyridine rings is 2. The standard InChI is InChI=1S/C20H15N3O3S/c24-18(14-5-9-22-10-6-14)16-17(13-3-7-21-8-4-13)23(20(26)19(16)25)12-15-2-1-11-27-15/h1-11,17,24H,12H2/b18-16-. The Hall–Kier alpha value is -3.32. The molecule has 7 heteroatoms. The number of aliphatic hydroxyl groups is 1. The predicted molar refractivity (Wildman–Crippen MR) is 101 cm³/mol. The van der Waals surface area contributed by atoms with Gasteiger partial charge in [-0.05, 0) is 41.3 Å². The van der Waals surface area contributed by atoms with E-state index in [-0.39, 0.29) is 11.3 Å². The van der Waals surface area contributed by atoms with E-state index in [4.69, 9.17) is 0 Å². The van der Waals surface area contributed by atoms with Gasteiger partial charge in [-0.25, -0.2) is 0 Å². The number of aliphatic hydroxyl groups excluding tert-OH is 1. The van der Waals surface area contributed by atoms with E-state index in [1.54, 1.807) is 36.7 Å². The fourth-order valence-electron chi connectivity index (χ4n) is 3.17. The van der Waals surface area contributed by atoms with Gasteiger partial charge in [0.05, 0.1) is 18.2 Å². The molecule has 27 heavy (non-hydrogen) atoms. The summed E-state index contributed by atoms with van der Waals surface area (Å²) in [6.07, 6.45) is 6.26. The lowest BCUT2D eigenvalue weighted by Crippen LogP contribution is -2.28. The number of thiophene rings is 1. The Labute approximate surface area is 159 Å². The molecule has 1 N–H and O–H groups in total. The summed E-state index contributed by atoms with van der Waals surface area (Å²) in [4.78, 5) is 36.0. The number of carbonyl (C=O) groups is 2. The molecule has 1 atom stereocenters. The van der Waals surface area contributed by atoms with Gasteiger partial charge in [0.25, 0.3) is 11.7 Å². The van der Waals surface area contributed by atoms with Crippen LogP contribution in [0.3, 0.4) is 0 Å². The lowest BCUT2D eigenvalue weighted by atomic mass is 9.96. The van der Waals surface area contributed by atoms with Crippen molar-refractivity contribution in [3.63, 3.8) is 0 Å². The summed E-state index contributed by atoms with van der Waals surface area (Å²) in [6.45, 7) is 0.294. The Morgan fingerprint density at radius 3 is 2.33 bits per heavy atom. The van der Waals surface area contributed by atoms with Gasteiger partial charge < -0.3 is 10.0 Å². The summed E-state index contributed by atoms with van der Waals surface area (Å²) >= 11 is 1.51. The van der Waals surface area contributed by atoms with Crippen molar-refractivity contribution in [2.75, 3.05) is 0 Å². The van der Waals surface area contributed by atoms with Gasteiger partial charge in [-0.15, -0.1) is 11.3 Å². The van der Waals surface area contributed by atoms with Crippen LogP contribution in [0.15, 0.2) is 72.1 Å². The molecule has 1 saturated heterocycles. The molecule has 1 aliphatic heterocycles. The van der Waals surface area contributed by atoms with Crippen LogP contribution in [0, 0.1) is 0 Å². The fourth-order valence-corrected chi connectivity index (χ4v) is 3.87.